The normalized spacial score (nSPS) is 10.6. The van der Waals surface area contributed by atoms with E-state index < -0.39 is 0 Å². The van der Waals surface area contributed by atoms with Crippen LogP contribution in [0, 0.1) is 6.92 Å². The van der Waals surface area contributed by atoms with Crippen molar-refractivity contribution < 1.29 is 4.79 Å². The Morgan fingerprint density at radius 3 is 2.67 bits per heavy atom. The van der Waals surface area contributed by atoms with Crippen LogP contribution in [0.2, 0.25) is 5.02 Å². The predicted molar refractivity (Wildman–Crippen MR) is 86.9 cm³/mol. The van der Waals surface area contributed by atoms with Crippen molar-refractivity contribution in [1.29, 1.82) is 0 Å². The van der Waals surface area contributed by atoms with Crippen molar-refractivity contribution in [2.24, 2.45) is 5.10 Å². The van der Waals surface area contributed by atoms with E-state index >= 15 is 0 Å². The van der Waals surface area contributed by atoms with E-state index in [0.29, 0.717) is 5.02 Å². The molecule has 2 rings (SSSR count). The molecule has 0 atom stereocenters. The second-order valence-corrected chi connectivity index (χ2v) is 4.89. The van der Waals surface area contributed by atoms with Gasteiger partial charge in [0.15, 0.2) is 0 Å². The van der Waals surface area contributed by atoms with Crippen molar-refractivity contribution in [3.8, 4) is 0 Å². The van der Waals surface area contributed by atoms with E-state index in [-0.39, 0.29) is 12.5 Å². The highest BCUT2D eigenvalue weighted by atomic mass is 35.5. The summed E-state index contributed by atoms with van der Waals surface area (Å²) < 4.78 is 0. The average Bonchev–Trinajstić information content (AvgIpc) is 2.48. The fraction of sp³-hybridized carbons (Fsp3) is 0.125. The number of hydrogen-bond acceptors (Lipinski definition) is 3. The molecule has 0 heterocycles. The molecule has 5 heteroatoms. The third-order valence-electron chi connectivity index (χ3n) is 2.88. The molecule has 0 bridgehead atoms. The van der Waals surface area contributed by atoms with Gasteiger partial charge in [-0.3, -0.25) is 4.79 Å². The lowest BCUT2D eigenvalue weighted by Crippen LogP contribution is -2.26. The molecule has 1 amide bonds. The minimum absolute atomic E-state index is 0.157. The highest BCUT2D eigenvalue weighted by Gasteiger charge is 2.01. The Kier molecular flexibility index (Phi) is 5.35. The topological polar surface area (TPSA) is 53.5 Å². The summed E-state index contributed by atoms with van der Waals surface area (Å²) in [6.07, 6.45) is 1.52. The highest BCUT2D eigenvalue weighted by molar-refractivity contribution is 6.33. The zero-order chi connectivity index (χ0) is 15.1. The Bertz CT molecular complexity index is 655. The summed E-state index contributed by atoms with van der Waals surface area (Å²) in [5.41, 5.74) is 5.23. The number of para-hydroxylation sites is 1. The Labute approximate surface area is 128 Å². The van der Waals surface area contributed by atoms with Gasteiger partial charge in [-0.15, -0.1) is 0 Å². The molecule has 0 unspecified atom stereocenters. The molecule has 108 valence electrons. The first kappa shape index (κ1) is 15.1. The Hall–Kier alpha value is -2.33. The van der Waals surface area contributed by atoms with Gasteiger partial charge in [-0.1, -0.05) is 48.0 Å². The molecule has 2 N–H and O–H groups in total. The number of rotatable bonds is 5. The van der Waals surface area contributed by atoms with Gasteiger partial charge in [0.25, 0.3) is 5.91 Å². The van der Waals surface area contributed by atoms with Crippen LogP contribution in [-0.2, 0) is 4.79 Å². The third-order valence-corrected chi connectivity index (χ3v) is 3.23. The smallest absolute Gasteiger partial charge is 0.259 e. The molecule has 2 aromatic carbocycles. The molecule has 0 aliphatic heterocycles. The van der Waals surface area contributed by atoms with Crippen molar-refractivity contribution in [2.45, 2.75) is 6.92 Å². The molecular weight excluding hydrogens is 286 g/mol. The standard InChI is InChI=1S/C16H16ClN3O/c1-12-6-2-5-9-15(12)18-11-16(21)20-19-10-13-7-3-4-8-14(13)17/h2-10,18H,11H2,1H3,(H,20,21)/b19-10-. The maximum Gasteiger partial charge on any atom is 0.259 e. The Balaban J connectivity index is 1.83. The summed E-state index contributed by atoms with van der Waals surface area (Å²) in [7, 11) is 0. The van der Waals surface area contributed by atoms with Crippen molar-refractivity contribution >= 4 is 29.4 Å². The zero-order valence-corrected chi connectivity index (χ0v) is 12.4. The SMILES string of the molecule is Cc1ccccc1NCC(=O)N/N=C\c1ccccc1Cl. The molecule has 0 saturated heterocycles. The van der Waals surface area contributed by atoms with E-state index in [2.05, 4.69) is 15.8 Å². The fourth-order valence-corrected chi connectivity index (χ4v) is 1.92. The molecule has 0 aliphatic rings. The molecule has 4 nitrogen and oxygen atoms in total. The number of benzene rings is 2. The van der Waals surface area contributed by atoms with Gasteiger partial charge in [-0.2, -0.15) is 5.10 Å². The molecule has 0 aromatic heterocycles. The molecule has 0 radical (unpaired) electrons. The van der Waals surface area contributed by atoms with Gasteiger partial charge in [0.05, 0.1) is 12.8 Å². The number of aryl methyl sites for hydroxylation is 1. The van der Waals surface area contributed by atoms with Gasteiger partial charge in [0, 0.05) is 16.3 Å². The first-order valence-corrected chi connectivity index (χ1v) is 6.90. The maximum absolute atomic E-state index is 11.7. The van der Waals surface area contributed by atoms with Crippen molar-refractivity contribution in [2.75, 3.05) is 11.9 Å². The van der Waals surface area contributed by atoms with Crippen LogP contribution in [0.3, 0.4) is 0 Å². The Morgan fingerprint density at radius 2 is 1.90 bits per heavy atom. The van der Waals surface area contributed by atoms with Crippen molar-refractivity contribution in [3.63, 3.8) is 0 Å². The van der Waals surface area contributed by atoms with E-state index in [1.54, 1.807) is 6.07 Å². The molecule has 0 fully saturated rings. The first-order chi connectivity index (χ1) is 10.2. The summed E-state index contributed by atoms with van der Waals surface area (Å²) in [5, 5.41) is 7.54. The van der Waals surface area contributed by atoms with Crippen molar-refractivity contribution in [3.05, 3.63) is 64.7 Å². The van der Waals surface area contributed by atoms with Crippen LogP contribution < -0.4 is 10.7 Å². The third kappa shape index (κ3) is 4.61. The van der Waals surface area contributed by atoms with Gasteiger partial charge in [0.1, 0.15) is 0 Å². The van der Waals surface area contributed by atoms with Gasteiger partial charge in [-0.25, -0.2) is 5.43 Å². The number of nitrogens with one attached hydrogen (secondary N) is 2. The highest BCUT2D eigenvalue weighted by Crippen LogP contribution is 2.13. The lowest BCUT2D eigenvalue weighted by molar-refractivity contribution is -0.119. The summed E-state index contributed by atoms with van der Waals surface area (Å²) in [5.74, 6) is -0.221. The van der Waals surface area contributed by atoms with Gasteiger partial charge < -0.3 is 5.32 Å². The second-order valence-electron chi connectivity index (χ2n) is 4.48. The van der Waals surface area contributed by atoms with E-state index in [9.17, 15) is 4.79 Å². The average molecular weight is 302 g/mol. The van der Waals surface area contributed by atoms with Crippen LogP contribution >= 0.6 is 11.6 Å². The number of halogens is 1. The predicted octanol–water partition coefficient (Wildman–Crippen LogP) is 3.21. The number of hydrazone groups is 1. The van der Waals surface area contributed by atoms with Crippen molar-refractivity contribution in [1.82, 2.24) is 5.43 Å². The molecule has 0 aliphatic carbocycles. The second kappa shape index (κ2) is 7.45. The van der Waals surface area contributed by atoms with Crippen LogP contribution in [0.4, 0.5) is 5.69 Å². The van der Waals surface area contributed by atoms with E-state index in [1.807, 2.05) is 49.4 Å². The number of anilines is 1. The Morgan fingerprint density at radius 1 is 1.19 bits per heavy atom. The van der Waals surface area contributed by atoms with Gasteiger partial charge >= 0.3 is 0 Å². The quantitative estimate of drug-likeness (QED) is 0.658. The molecule has 0 spiro atoms. The number of carbonyl (C=O) groups is 1. The van der Waals surface area contributed by atoms with Crippen LogP contribution in [0.15, 0.2) is 53.6 Å². The number of amides is 1. The number of carbonyl (C=O) groups excluding carboxylic acids is 1. The van der Waals surface area contributed by atoms with Gasteiger partial charge in [0.2, 0.25) is 0 Å². The summed E-state index contributed by atoms with van der Waals surface area (Å²) in [4.78, 5) is 11.7. The zero-order valence-electron chi connectivity index (χ0n) is 11.6. The van der Waals surface area contributed by atoms with Gasteiger partial charge in [-0.05, 0) is 24.6 Å². The van der Waals surface area contributed by atoms with Crippen LogP contribution in [-0.4, -0.2) is 18.7 Å². The largest absolute Gasteiger partial charge is 0.376 e. The monoisotopic (exact) mass is 301 g/mol. The van der Waals surface area contributed by atoms with Crippen LogP contribution in [0.25, 0.3) is 0 Å². The lowest BCUT2D eigenvalue weighted by atomic mass is 10.2. The van der Waals surface area contributed by atoms with Crippen LogP contribution in [0.5, 0.6) is 0 Å². The summed E-state index contributed by atoms with van der Waals surface area (Å²) in [6, 6.07) is 15.1. The minimum atomic E-state index is -0.221. The summed E-state index contributed by atoms with van der Waals surface area (Å²) >= 11 is 5.98. The summed E-state index contributed by atoms with van der Waals surface area (Å²) in [6.45, 7) is 2.14. The fourth-order valence-electron chi connectivity index (χ4n) is 1.74. The molecule has 0 saturated carbocycles. The molecule has 2 aromatic rings. The minimum Gasteiger partial charge on any atom is -0.376 e. The van der Waals surface area contributed by atoms with E-state index in [0.717, 1.165) is 16.8 Å². The maximum atomic E-state index is 11.7. The number of nitrogens with zero attached hydrogens (tertiary/aromatic N) is 1. The lowest BCUT2D eigenvalue weighted by Gasteiger charge is -2.07. The first-order valence-electron chi connectivity index (χ1n) is 6.53. The number of hydrogen-bond donors (Lipinski definition) is 2. The van der Waals surface area contributed by atoms with E-state index in [1.165, 1.54) is 6.21 Å². The van der Waals surface area contributed by atoms with E-state index in [4.69, 9.17) is 11.6 Å². The van der Waals surface area contributed by atoms with Crippen LogP contribution in [0.1, 0.15) is 11.1 Å². The molecule has 21 heavy (non-hydrogen) atoms. The molecular formula is C16H16ClN3O.